The van der Waals surface area contributed by atoms with Crippen LogP contribution in [0, 0.1) is 10.1 Å². The van der Waals surface area contributed by atoms with Gasteiger partial charge in [-0.1, -0.05) is 0 Å². The van der Waals surface area contributed by atoms with Gasteiger partial charge in [0, 0.05) is 24.6 Å². The number of carbonyl (C=O) groups excluding carboxylic acids is 1. The topological polar surface area (TPSA) is 97.7 Å². The molecule has 7 heteroatoms. The first-order chi connectivity index (χ1) is 9.56. The molecule has 0 unspecified atom stereocenters. The number of nitro groups is 1. The first-order valence-electron chi connectivity index (χ1n) is 5.70. The predicted molar refractivity (Wildman–Crippen MR) is 72.2 cm³/mol. The predicted octanol–water partition coefficient (Wildman–Crippen LogP) is 2.32. The summed E-state index contributed by atoms with van der Waals surface area (Å²) in [6.07, 6.45) is 1.37. The first kappa shape index (κ1) is 13.5. The van der Waals surface area contributed by atoms with Crippen molar-refractivity contribution in [3.63, 3.8) is 0 Å². The summed E-state index contributed by atoms with van der Waals surface area (Å²) >= 11 is 0. The molecule has 20 heavy (non-hydrogen) atoms. The third kappa shape index (κ3) is 3.29. The summed E-state index contributed by atoms with van der Waals surface area (Å²) in [4.78, 5) is 20.7. The molecule has 1 aromatic carbocycles. The van der Waals surface area contributed by atoms with Crippen LogP contribution in [-0.2, 0) is 4.79 Å². The molecule has 0 aliphatic carbocycles. The number of hydrogen-bond acceptors (Lipinski definition) is 5. The van der Waals surface area contributed by atoms with Gasteiger partial charge in [0.05, 0.1) is 11.1 Å². The Morgan fingerprint density at radius 2 is 2.00 bits per heavy atom. The van der Waals surface area contributed by atoms with Crippen molar-refractivity contribution in [2.75, 3.05) is 0 Å². The normalized spacial score (nSPS) is 10.7. The van der Waals surface area contributed by atoms with Gasteiger partial charge in [-0.2, -0.15) is 5.10 Å². The molecular formula is C13H11N3O4. The summed E-state index contributed by atoms with van der Waals surface area (Å²) in [7, 11) is 0. The summed E-state index contributed by atoms with van der Waals surface area (Å²) in [5, 5.41) is 14.2. The van der Waals surface area contributed by atoms with Gasteiger partial charge in [0.2, 0.25) is 5.91 Å². The largest absolute Gasteiger partial charge is 0.455 e. The molecule has 0 aliphatic heterocycles. The molecule has 0 atom stereocenters. The zero-order valence-electron chi connectivity index (χ0n) is 10.6. The number of hydrazone groups is 1. The van der Waals surface area contributed by atoms with Crippen LogP contribution in [-0.4, -0.2) is 17.0 Å². The van der Waals surface area contributed by atoms with Crippen LogP contribution in [0.2, 0.25) is 0 Å². The fraction of sp³-hybridized carbons (Fsp3) is 0.0769. The molecule has 0 bridgehead atoms. The van der Waals surface area contributed by atoms with Gasteiger partial charge in [0.1, 0.15) is 11.5 Å². The lowest BCUT2D eigenvalue weighted by Crippen LogP contribution is -2.12. The molecule has 0 fully saturated rings. The highest BCUT2D eigenvalue weighted by Gasteiger charge is 2.07. The summed E-state index contributed by atoms with van der Waals surface area (Å²) in [6.45, 7) is 1.35. The fourth-order valence-electron chi connectivity index (χ4n) is 1.51. The van der Waals surface area contributed by atoms with E-state index < -0.39 is 4.92 Å². The minimum Gasteiger partial charge on any atom is -0.455 e. The highest BCUT2D eigenvalue weighted by atomic mass is 16.6. The van der Waals surface area contributed by atoms with Crippen LogP contribution in [0.4, 0.5) is 5.69 Å². The molecule has 0 saturated heterocycles. The van der Waals surface area contributed by atoms with E-state index in [1.54, 1.807) is 24.3 Å². The number of rotatable bonds is 4. The fourth-order valence-corrected chi connectivity index (χ4v) is 1.51. The Morgan fingerprint density at radius 1 is 1.30 bits per heavy atom. The van der Waals surface area contributed by atoms with Crippen molar-refractivity contribution in [3.05, 3.63) is 52.3 Å². The second kappa shape index (κ2) is 5.79. The number of nitro benzene ring substituents is 1. The number of benzene rings is 1. The smallest absolute Gasteiger partial charge is 0.269 e. The zero-order chi connectivity index (χ0) is 14.5. The maximum absolute atomic E-state index is 10.6. The van der Waals surface area contributed by atoms with Gasteiger partial charge in [-0.3, -0.25) is 14.9 Å². The summed E-state index contributed by atoms with van der Waals surface area (Å²) in [5.41, 5.74) is 3.00. The van der Waals surface area contributed by atoms with E-state index in [0.29, 0.717) is 11.5 Å². The number of amides is 1. The van der Waals surface area contributed by atoms with Crippen molar-refractivity contribution in [3.8, 4) is 11.3 Å². The molecule has 102 valence electrons. The third-order valence-electron chi connectivity index (χ3n) is 2.40. The molecule has 0 spiro atoms. The van der Waals surface area contributed by atoms with Crippen molar-refractivity contribution in [2.45, 2.75) is 6.92 Å². The van der Waals surface area contributed by atoms with E-state index in [-0.39, 0.29) is 11.6 Å². The summed E-state index contributed by atoms with van der Waals surface area (Å²) in [5.74, 6) is 0.750. The SMILES string of the molecule is CC(=O)N/N=C/c1ccc(-c2ccc([N+](=O)[O-])cc2)o1. The first-order valence-corrected chi connectivity index (χ1v) is 5.70. The maximum Gasteiger partial charge on any atom is 0.269 e. The quantitative estimate of drug-likeness (QED) is 0.525. The molecular weight excluding hydrogens is 262 g/mol. The number of nitrogens with one attached hydrogen (secondary N) is 1. The molecule has 2 aromatic rings. The van der Waals surface area contributed by atoms with Crippen molar-refractivity contribution < 1.29 is 14.1 Å². The molecule has 1 heterocycles. The monoisotopic (exact) mass is 273 g/mol. The molecule has 1 N–H and O–H groups in total. The Morgan fingerprint density at radius 3 is 2.60 bits per heavy atom. The highest BCUT2D eigenvalue weighted by Crippen LogP contribution is 2.23. The Balaban J connectivity index is 2.14. The molecule has 1 amide bonds. The lowest BCUT2D eigenvalue weighted by molar-refractivity contribution is -0.384. The minimum atomic E-state index is -0.461. The van der Waals surface area contributed by atoms with E-state index in [0.717, 1.165) is 5.56 Å². The second-order valence-electron chi connectivity index (χ2n) is 3.93. The number of hydrogen-bond donors (Lipinski definition) is 1. The lowest BCUT2D eigenvalue weighted by Gasteiger charge is -1.96. The van der Waals surface area contributed by atoms with Crippen LogP contribution in [0.15, 0.2) is 45.9 Å². The van der Waals surface area contributed by atoms with Crippen molar-refractivity contribution >= 4 is 17.8 Å². The Hall–Kier alpha value is -2.96. The van der Waals surface area contributed by atoms with Gasteiger partial charge in [0.25, 0.3) is 5.69 Å². The summed E-state index contributed by atoms with van der Waals surface area (Å²) in [6, 6.07) is 9.42. The van der Waals surface area contributed by atoms with Crippen LogP contribution in [0.1, 0.15) is 12.7 Å². The van der Waals surface area contributed by atoms with Crippen molar-refractivity contribution in [1.82, 2.24) is 5.43 Å². The van der Waals surface area contributed by atoms with Gasteiger partial charge >= 0.3 is 0 Å². The standard InChI is InChI=1S/C13H11N3O4/c1-9(17)15-14-8-12-6-7-13(20-12)10-2-4-11(5-3-10)16(18)19/h2-8H,1H3,(H,15,17)/b14-8+. The van der Waals surface area contributed by atoms with Crippen LogP contribution in [0.25, 0.3) is 11.3 Å². The molecule has 7 nitrogen and oxygen atoms in total. The van der Waals surface area contributed by atoms with E-state index in [4.69, 9.17) is 4.42 Å². The molecule has 2 rings (SSSR count). The van der Waals surface area contributed by atoms with Gasteiger partial charge in [-0.25, -0.2) is 5.43 Å². The van der Waals surface area contributed by atoms with Crippen molar-refractivity contribution in [1.29, 1.82) is 0 Å². The Bertz CT molecular complexity index is 659. The van der Waals surface area contributed by atoms with Crippen LogP contribution in [0.5, 0.6) is 0 Å². The third-order valence-corrected chi connectivity index (χ3v) is 2.40. The number of non-ortho nitro benzene ring substituents is 1. The van der Waals surface area contributed by atoms with Crippen LogP contribution < -0.4 is 5.43 Å². The number of nitrogens with zero attached hydrogens (tertiary/aromatic N) is 2. The number of carbonyl (C=O) groups is 1. The summed E-state index contributed by atoms with van der Waals surface area (Å²) < 4.78 is 5.48. The van der Waals surface area contributed by atoms with E-state index in [1.807, 2.05) is 0 Å². The molecule has 0 aliphatic rings. The van der Waals surface area contributed by atoms with Crippen LogP contribution in [0.3, 0.4) is 0 Å². The number of furan rings is 1. The van der Waals surface area contributed by atoms with Gasteiger partial charge in [-0.15, -0.1) is 0 Å². The van der Waals surface area contributed by atoms with Crippen LogP contribution >= 0.6 is 0 Å². The highest BCUT2D eigenvalue weighted by molar-refractivity contribution is 5.80. The Labute approximate surface area is 114 Å². The maximum atomic E-state index is 10.6. The second-order valence-corrected chi connectivity index (χ2v) is 3.93. The van der Waals surface area contributed by atoms with E-state index in [2.05, 4.69) is 10.5 Å². The van der Waals surface area contributed by atoms with E-state index in [9.17, 15) is 14.9 Å². The van der Waals surface area contributed by atoms with Gasteiger partial charge < -0.3 is 4.42 Å². The lowest BCUT2D eigenvalue weighted by atomic mass is 10.1. The minimum absolute atomic E-state index is 0.0211. The van der Waals surface area contributed by atoms with E-state index >= 15 is 0 Å². The average molecular weight is 273 g/mol. The van der Waals surface area contributed by atoms with Crippen molar-refractivity contribution in [2.24, 2.45) is 5.10 Å². The average Bonchev–Trinajstić information content (AvgIpc) is 2.87. The zero-order valence-corrected chi connectivity index (χ0v) is 10.6. The van der Waals surface area contributed by atoms with Gasteiger partial charge in [0.15, 0.2) is 0 Å². The molecule has 1 aromatic heterocycles. The molecule has 0 radical (unpaired) electrons. The van der Waals surface area contributed by atoms with E-state index in [1.165, 1.54) is 25.3 Å². The molecule has 0 saturated carbocycles. The Kier molecular flexibility index (Phi) is 3.90. The van der Waals surface area contributed by atoms with Gasteiger partial charge in [-0.05, 0) is 24.3 Å².